The molecule has 0 saturated carbocycles. The smallest absolute Gasteiger partial charge is 0.172 e. The molecule has 0 saturated heterocycles. The van der Waals surface area contributed by atoms with E-state index in [-0.39, 0.29) is 5.75 Å². The summed E-state index contributed by atoms with van der Waals surface area (Å²) in [6, 6.07) is 6.47. The molecular weight excluding hydrogens is 276 g/mol. The molecule has 18 heavy (non-hydrogen) atoms. The zero-order valence-electron chi connectivity index (χ0n) is 10.6. The van der Waals surface area contributed by atoms with Crippen molar-refractivity contribution >= 4 is 21.4 Å². The van der Waals surface area contributed by atoms with Crippen molar-refractivity contribution in [3.63, 3.8) is 0 Å². The van der Waals surface area contributed by atoms with E-state index in [9.17, 15) is 13.5 Å². The molecular formula is C12H17ClO4S. The highest BCUT2D eigenvalue weighted by molar-refractivity contribution is 7.94. The molecule has 1 aromatic carbocycles. The SMILES string of the molecule is CCS(=O)(=O)C(C)(Cl)C(O)c1ccc(OC)cc1. The average molecular weight is 293 g/mol. The fraction of sp³-hybridized carbons (Fsp3) is 0.500. The Hall–Kier alpha value is -0.780. The standard InChI is InChI=1S/C12H17ClO4S/c1-4-18(15,16)12(2,13)11(14)9-5-7-10(17-3)8-6-9/h5-8,11,14H,4H2,1-3H3. The third-order valence-electron chi connectivity index (χ3n) is 2.91. The second kappa shape index (κ2) is 5.47. The van der Waals surface area contributed by atoms with E-state index in [1.54, 1.807) is 24.3 Å². The molecule has 0 bridgehead atoms. The quantitative estimate of drug-likeness (QED) is 0.844. The topological polar surface area (TPSA) is 63.6 Å². The van der Waals surface area contributed by atoms with Crippen LogP contribution in [0.1, 0.15) is 25.5 Å². The van der Waals surface area contributed by atoms with Crippen molar-refractivity contribution in [3.8, 4) is 5.75 Å². The molecule has 1 rings (SSSR count). The van der Waals surface area contributed by atoms with Gasteiger partial charge in [0.05, 0.1) is 7.11 Å². The fourth-order valence-electron chi connectivity index (χ4n) is 1.54. The lowest BCUT2D eigenvalue weighted by atomic mass is 10.1. The molecule has 0 aliphatic rings. The van der Waals surface area contributed by atoms with Crippen LogP contribution in [0.5, 0.6) is 5.75 Å². The largest absolute Gasteiger partial charge is 0.497 e. The molecule has 6 heteroatoms. The first-order valence-corrected chi connectivity index (χ1v) is 7.52. The molecule has 1 N–H and O–H groups in total. The van der Waals surface area contributed by atoms with Crippen molar-refractivity contribution in [2.24, 2.45) is 0 Å². The summed E-state index contributed by atoms with van der Waals surface area (Å²) in [5.74, 6) is 0.501. The minimum absolute atomic E-state index is 0.125. The van der Waals surface area contributed by atoms with E-state index in [4.69, 9.17) is 16.3 Å². The molecule has 0 heterocycles. The first-order chi connectivity index (χ1) is 8.26. The molecule has 1 aromatic rings. The monoisotopic (exact) mass is 292 g/mol. The predicted molar refractivity (Wildman–Crippen MR) is 71.7 cm³/mol. The van der Waals surface area contributed by atoms with E-state index in [0.29, 0.717) is 11.3 Å². The summed E-state index contributed by atoms with van der Waals surface area (Å²) in [5.41, 5.74) is 0.435. The molecule has 0 aromatic heterocycles. The maximum Gasteiger partial charge on any atom is 0.172 e. The van der Waals surface area contributed by atoms with Gasteiger partial charge >= 0.3 is 0 Å². The normalized spacial score (nSPS) is 16.9. The minimum Gasteiger partial charge on any atom is -0.497 e. The van der Waals surface area contributed by atoms with Crippen LogP contribution in [0, 0.1) is 0 Å². The van der Waals surface area contributed by atoms with Gasteiger partial charge in [0.25, 0.3) is 0 Å². The highest BCUT2D eigenvalue weighted by atomic mass is 35.5. The maximum absolute atomic E-state index is 11.8. The van der Waals surface area contributed by atoms with Crippen molar-refractivity contribution in [1.29, 1.82) is 0 Å². The Morgan fingerprint density at radius 1 is 1.39 bits per heavy atom. The summed E-state index contributed by atoms with van der Waals surface area (Å²) < 4.78 is 26.9. The van der Waals surface area contributed by atoms with Crippen LogP contribution in [0.25, 0.3) is 0 Å². The molecule has 0 fully saturated rings. The molecule has 102 valence electrons. The molecule has 2 atom stereocenters. The van der Waals surface area contributed by atoms with Crippen molar-refractivity contribution in [2.75, 3.05) is 12.9 Å². The van der Waals surface area contributed by atoms with Crippen LogP contribution in [-0.4, -0.2) is 30.6 Å². The summed E-state index contributed by atoms with van der Waals surface area (Å²) >= 11 is 6.02. The number of ether oxygens (including phenoxy) is 1. The number of methoxy groups -OCH3 is 1. The number of aliphatic hydroxyl groups excluding tert-OH is 1. The lowest BCUT2D eigenvalue weighted by Crippen LogP contribution is -2.37. The Morgan fingerprint density at radius 2 is 1.89 bits per heavy atom. The predicted octanol–water partition coefficient (Wildman–Crippen LogP) is 2.12. The van der Waals surface area contributed by atoms with E-state index < -0.39 is 20.1 Å². The Morgan fingerprint density at radius 3 is 2.28 bits per heavy atom. The number of sulfone groups is 1. The third kappa shape index (κ3) is 2.79. The van der Waals surface area contributed by atoms with Gasteiger partial charge in [0.15, 0.2) is 14.0 Å². The van der Waals surface area contributed by atoms with Crippen LogP contribution in [0.3, 0.4) is 0 Å². The molecule has 0 radical (unpaired) electrons. The highest BCUT2D eigenvalue weighted by Gasteiger charge is 2.43. The van der Waals surface area contributed by atoms with Gasteiger partial charge < -0.3 is 9.84 Å². The van der Waals surface area contributed by atoms with Crippen molar-refractivity contribution in [2.45, 2.75) is 24.2 Å². The summed E-state index contributed by atoms with van der Waals surface area (Å²) in [7, 11) is -2.05. The third-order valence-corrected chi connectivity index (χ3v) is 6.02. The second-order valence-corrected chi connectivity index (χ2v) is 7.73. The van der Waals surface area contributed by atoms with Gasteiger partial charge in [-0.1, -0.05) is 30.7 Å². The van der Waals surface area contributed by atoms with E-state index in [1.807, 2.05) is 0 Å². The van der Waals surface area contributed by atoms with Crippen LogP contribution in [0.15, 0.2) is 24.3 Å². The lowest BCUT2D eigenvalue weighted by molar-refractivity contribution is 0.162. The summed E-state index contributed by atoms with van der Waals surface area (Å²) in [6.45, 7) is 2.80. The van der Waals surface area contributed by atoms with Gasteiger partial charge in [-0.15, -0.1) is 0 Å². The zero-order chi connectivity index (χ0) is 14.0. The van der Waals surface area contributed by atoms with Crippen molar-refractivity contribution < 1.29 is 18.3 Å². The summed E-state index contributed by atoms with van der Waals surface area (Å²) in [5, 5.41) is 10.1. The molecule has 0 amide bonds. The Bertz CT molecular complexity index is 493. The number of benzene rings is 1. The lowest BCUT2D eigenvalue weighted by Gasteiger charge is -2.27. The van der Waals surface area contributed by atoms with Gasteiger partial charge in [0.2, 0.25) is 0 Å². The second-order valence-electron chi connectivity index (χ2n) is 4.07. The van der Waals surface area contributed by atoms with E-state index in [2.05, 4.69) is 0 Å². The van der Waals surface area contributed by atoms with Gasteiger partial charge in [0, 0.05) is 5.75 Å². The number of alkyl halides is 1. The minimum atomic E-state index is -3.58. The van der Waals surface area contributed by atoms with Crippen LogP contribution < -0.4 is 4.74 Å². The Kier molecular flexibility index (Phi) is 4.64. The molecule has 4 nitrogen and oxygen atoms in total. The van der Waals surface area contributed by atoms with E-state index >= 15 is 0 Å². The Balaban J connectivity index is 3.09. The molecule has 0 aliphatic carbocycles. The fourth-order valence-corrected chi connectivity index (χ4v) is 3.03. The highest BCUT2D eigenvalue weighted by Crippen LogP contribution is 2.37. The van der Waals surface area contributed by atoms with Gasteiger partial charge in [-0.25, -0.2) is 8.42 Å². The van der Waals surface area contributed by atoms with E-state index in [0.717, 1.165) is 0 Å². The summed E-state index contributed by atoms with van der Waals surface area (Å²) in [4.78, 5) is 0. The van der Waals surface area contributed by atoms with Crippen LogP contribution in [0.4, 0.5) is 0 Å². The number of hydrogen-bond acceptors (Lipinski definition) is 4. The van der Waals surface area contributed by atoms with Crippen LogP contribution in [0.2, 0.25) is 0 Å². The zero-order valence-corrected chi connectivity index (χ0v) is 12.1. The van der Waals surface area contributed by atoms with Crippen LogP contribution >= 0.6 is 11.6 Å². The molecule has 0 aliphatic heterocycles. The van der Waals surface area contributed by atoms with Gasteiger partial charge in [-0.05, 0) is 24.6 Å². The van der Waals surface area contributed by atoms with Gasteiger partial charge in [-0.2, -0.15) is 0 Å². The van der Waals surface area contributed by atoms with E-state index in [1.165, 1.54) is 21.0 Å². The number of rotatable bonds is 5. The number of aliphatic hydroxyl groups is 1. The molecule has 0 spiro atoms. The van der Waals surface area contributed by atoms with Gasteiger partial charge in [0.1, 0.15) is 11.9 Å². The van der Waals surface area contributed by atoms with Gasteiger partial charge in [-0.3, -0.25) is 0 Å². The first-order valence-electron chi connectivity index (χ1n) is 5.49. The molecule has 2 unspecified atom stereocenters. The Labute approximate surface area is 112 Å². The maximum atomic E-state index is 11.8. The van der Waals surface area contributed by atoms with Crippen LogP contribution in [-0.2, 0) is 9.84 Å². The van der Waals surface area contributed by atoms with Crippen molar-refractivity contribution in [3.05, 3.63) is 29.8 Å². The number of hydrogen-bond donors (Lipinski definition) is 1. The van der Waals surface area contributed by atoms with Crippen molar-refractivity contribution in [1.82, 2.24) is 0 Å². The summed E-state index contributed by atoms with van der Waals surface area (Å²) in [6.07, 6.45) is -1.30. The first kappa shape index (κ1) is 15.3. The average Bonchev–Trinajstić information content (AvgIpc) is 2.37. The number of halogens is 1.